The number of carbonyl (C=O) groups excluding carboxylic acids is 1. The van der Waals surface area contributed by atoms with Gasteiger partial charge in [-0.05, 0) is 41.6 Å². The second-order valence-corrected chi connectivity index (χ2v) is 5.34. The Balaban J connectivity index is 1.97. The molecule has 2 aliphatic carbocycles. The molecule has 0 spiro atoms. The van der Waals surface area contributed by atoms with E-state index < -0.39 is 0 Å². The molecule has 1 fully saturated rings. The molecule has 3 heteroatoms. The molecular weight excluding hydrogens is 254 g/mol. The number of nitrogens with one attached hydrogen (secondary N) is 1. The van der Waals surface area contributed by atoms with Gasteiger partial charge in [0, 0.05) is 18.2 Å². The molecule has 15 heavy (non-hydrogen) atoms. The first-order valence-corrected chi connectivity index (χ1v) is 6.75. The Labute approximate surface area is 99.6 Å². The van der Waals surface area contributed by atoms with E-state index in [0.29, 0.717) is 12.5 Å². The summed E-state index contributed by atoms with van der Waals surface area (Å²) < 4.78 is 0.805. The highest BCUT2D eigenvalue weighted by Crippen LogP contribution is 2.27. The first-order chi connectivity index (χ1) is 7.27. The first kappa shape index (κ1) is 11.2. The summed E-state index contributed by atoms with van der Waals surface area (Å²) in [4.78, 5) is 11.5. The van der Waals surface area contributed by atoms with E-state index in [-0.39, 0.29) is 5.78 Å². The third kappa shape index (κ3) is 2.83. The molecule has 1 saturated carbocycles. The minimum Gasteiger partial charge on any atom is -0.385 e. The summed E-state index contributed by atoms with van der Waals surface area (Å²) >= 11 is 3.41. The monoisotopic (exact) mass is 271 g/mol. The lowest BCUT2D eigenvalue weighted by molar-refractivity contribution is -0.115. The minimum atomic E-state index is 0.263. The van der Waals surface area contributed by atoms with Crippen molar-refractivity contribution in [2.45, 2.75) is 57.4 Å². The van der Waals surface area contributed by atoms with E-state index in [2.05, 4.69) is 21.2 Å². The molecule has 0 atom stereocenters. The Hall–Kier alpha value is -0.310. The van der Waals surface area contributed by atoms with Gasteiger partial charge in [-0.25, -0.2) is 0 Å². The molecule has 0 amide bonds. The highest BCUT2D eigenvalue weighted by molar-refractivity contribution is 9.12. The summed E-state index contributed by atoms with van der Waals surface area (Å²) in [6.07, 6.45) is 9.29. The van der Waals surface area contributed by atoms with Crippen molar-refractivity contribution in [2.75, 3.05) is 0 Å². The van der Waals surface area contributed by atoms with Crippen LogP contribution in [0.3, 0.4) is 0 Å². The van der Waals surface area contributed by atoms with Crippen LogP contribution < -0.4 is 5.32 Å². The lowest BCUT2D eigenvalue weighted by Gasteiger charge is -2.27. The van der Waals surface area contributed by atoms with Crippen LogP contribution in [0.15, 0.2) is 10.2 Å². The van der Waals surface area contributed by atoms with Crippen molar-refractivity contribution >= 4 is 21.7 Å². The fourth-order valence-electron chi connectivity index (χ4n) is 2.44. The summed E-state index contributed by atoms with van der Waals surface area (Å²) in [5.41, 5.74) is 1.15. The van der Waals surface area contributed by atoms with Crippen LogP contribution in [-0.2, 0) is 4.79 Å². The van der Waals surface area contributed by atoms with Crippen LogP contribution in [0.25, 0.3) is 0 Å². The number of hydrogen-bond donors (Lipinski definition) is 1. The molecule has 0 aliphatic heterocycles. The summed E-state index contributed by atoms with van der Waals surface area (Å²) in [7, 11) is 0. The highest BCUT2D eigenvalue weighted by atomic mass is 79.9. The number of rotatable bonds is 2. The van der Waals surface area contributed by atoms with E-state index in [1.54, 1.807) is 0 Å². The molecule has 0 radical (unpaired) electrons. The predicted molar refractivity (Wildman–Crippen MR) is 64.8 cm³/mol. The Morgan fingerprint density at radius 1 is 1.07 bits per heavy atom. The molecular formula is C12H18BrNO. The number of allylic oxidation sites excluding steroid dienone is 2. The molecule has 2 rings (SSSR count). The summed E-state index contributed by atoms with van der Waals surface area (Å²) in [5.74, 6) is 0.263. The fourth-order valence-corrected chi connectivity index (χ4v) is 2.95. The van der Waals surface area contributed by atoms with E-state index in [4.69, 9.17) is 0 Å². The van der Waals surface area contributed by atoms with Crippen molar-refractivity contribution in [3.05, 3.63) is 10.2 Å². The second-order valence-electron chi connectivity index (χ2n) is 4.55. The largest absolute Gasteiger partial charge is 0.385 e. The van der Waals surface area contributed by atoms with Gasteiger partial charge in [0.25, 0.3) is 0 Å². The number of Topliss-reactive ketones (excluding diaryl/α,β-unsaturated/α-hetero) is 1. The molecule has 0 aromatic carbocycles. The van der Waals surface area contributed by atoms with Crippen molar-refractivity contribution in [3.63, 3.8) is 0 Å². The maximum Gasteiger partial charge on any atom is 0.171 e. The van der Waals surface area contributed by atoms with Crippen LogP contribution in [0.5, 0.6) is 0 Å². The van der Waals surface area contributed by atoms with Gasteiger partial charge in [0.05, 0.1) is 4.48 Å². The molecule has 0 saturated heterocycles. The smallest absolute Gasteiger partial charge is 0.171 e. The van der Waals surface area contributed by atoms with Gasteiger partial charge < -0.3 is 5.32 Å². The van der Waals surface area contributed by atoms with Crippen molar-refractivity contribution in [2.24, 2.45) is 0 Å². The van der Waals surface area contributed by atoms with Crippen LogP contribution in [-0.4, -0.2) is 11.8 Å². The van der Waals surface area contributed by atoms with Gasteiger partial charge in [0.1, 0.15) is 0 Å². The molecule has 2 aliphatic rings. The van der Waals surface area contributed by atoms with Gasteiger partial charge in [0.15, 0.2) is 5.78 Å². The Kier molecular flexibility index (Phi) is 3.84. The van der Waals surface area contributed by atoms with Crippen LogP contribution in [0.1, 0.15) is 51.4 Å². The van der Waals surface area contributed by atoms with E-state index in [0.717, 1.165) is 23.0 Å². The number of hydrogen-bond acceptors (Lipinski definition) is 2. The molecule has 0 heterocycles. The third-order valence-electron chi connectivity index (χ3n) is 3.32. The number of ketones is 1. The van der Waals surface area contributed by atoms with E-state index in [9.17, 15) is 4.79 Å². The maximum atomic E-state index is 11.5. The van der Waals surface area contributed by atoms with E-state index in [1.165, 1.54) is 32.1 Å². The first-order valence-electron chi connectivity index (χ1n) is 5.96. The van der Waals surface area contributed by atoms with E-state index >= 15 is 0 Å². The van der Waals surface area contributed by atoms with Crippen LogP contribution in [0.2, 0.25) is 0 Å². The third-order valence-corrected chi connectivity index (χ3v) is 4.24. The quantitative estimate of drug-likeness (QED) is 0.835. The average Bonchev–Trinajstić information content (AvgIpc) is 2.26. The van der Waals surface area contributed by atoms with Gasteiger partial charge in [-0.2, -0.15) is 0 Å². The van der Waals surface area contributed by atoms with Crippen LogP contribution in [0, 0.1) is 0 Å². The average molecular weight is 272 g/mol. The van der Waals surface area contributed by atoms with Gasteiger partial charge in [-0.1, -0.05) is 19.3 Å². The second kappa shape index (κ2) is 5.15. The molecule has 2 nitrogen and oxygen atoms in total. The van der Waals surface area contributed by atoms with Crippen molar-refractivity contribution in [3.8, 4) is 0 Å². The normalized spacial score (nSPS) is 24.5. The van der Waals surface area contributed by atoms with Gasteiger partial charge >= 0.3 is 0 Å². The molecule has 0 unspecified atom stereocenters. The van der Waals surface area contributed by atoms with Crippen LogP contribution >= 0.6 is 15.9 Å². The fraction of sp³-hybridized carbons (Fsp3) is 0.750. The van der Waals surface area contributed by atoms with E-state index in [1.807, 2.05) is 0 Å². The highest BCUT2D eigenvalue weighted by Gasteiger charge is 2.21. The molecule has 0 aromatic rings. The minimum absolute atomic E-state index is 0.263. The van der Waals surface area contributed by atoms with Crippen molar-refractivity contribution in [1.29, 1.82) is 0 Å². The molecule has 0 aromatic heterocycles. The Bertz CT molecular complexity index is 279. The standard InChI is InChI=1S/C12H18BrNO/c13-12-10(7-4-8-11(12)15)14-9-5-2-1-3-6-9/h9,14H,1-8H2. The Morgan fingerprint density at radius 3 is 2.53 bits per heavy atom. The maximum absolute atomic E-state index is 11.5. The number of halogens is 1. The van der Waals surface area contributed by atoms with Gasteiger partial charge in [-0.15, -0.1) is 0 Å². The molecule has 84 valence electrons. The van der Waals surface area contributed by atoms with Crippen molar-refractivity contribution in [1.82, 2.24) is 5.32 Å². The Morgan fingerprint density at radius 2 is 1.80 bits per heavy atom. The SMILES string of the molecule is O=C1CCCC(NC2CCCCC2)=C1Br. The van der Waals surface area contributed by atoms with Crippen LogP contribution in [0.4, 0.5) is 0 Å². The topological polar surface area (TPSA) is 29.1 Å². The lowest BCUT2D eigenvalue weighted by atomic mass is 9.94. The summed E-state index contributed by atoms with van der Waals surface area (Å²) in [6.45, 7) is 0. The lowest BCUT2D eigenvalue weighted by Crippen LogP contribution is -2.32. The molecule has 0 bridgehead atoms. The van der Waals surface area contributed by atoms with Crippen molar-refractivity contribution < 1.29 is 4.79 Å². The zero-order chi connectivity index (χ0) is 10.7. The molecule has 1 N–H and O–H groups in total. The van der Waals surface area contributed by atoms with Gasteiger partial charge in [-0.3, -0.25) is 4.79 Å². The summed E-state index contributed by atoms with van der Waals surface area (Å²) in [5, 5.41) is 3.55. The zero-order valence-electron chi connectivity index (χ0n) is 9.02. The number of carbonyl (C=O) groups is 1. The zero-order valence-corrected chi connectivity index (χ0v) is 10.6. The summed E-state index contributed by atoms with van der Waals surface area (Å²) in [6, 6.07) is 0.604. The predicted octanol–water partition coefficient (Wildman–Crippen LogP) is 3.27. The van der Waals surface area contributed by atoms with Gasteiger partial charge in [0.2, 0.25) is 0 Å².